The molecule has 1 saturated heterocycles. The van der Waals surface area contributed by atoms with Crippen LogP contribution in [0.4, 0.5) is 0 Å². The molecule has 0 aromatic heterocycles. The molecular formula is C17H26N2O4. The molecule has 0 atom stereocenters. The molecule has 1 aromatic carbocycles. The highest BCUT2D eigenvalue weighted by molar-refractivity contribution is 5.94. The third kappa shape index (κ3) is 5.41. The van der Waals surface area contributed by atoms with Gasteiger partial charge in [0.2, 0.25) is 0 Å². The van der Waals surface area contributed by atoms with E-state index < -0.39 is 0 Å². The van der Waals surface area contributed by atoms with E-state index in [2.05, 4.69) is 10.2 Å². The Morgan fingerprint density at radius 1 is 1.17 bits per heavy atom. The number of rotatable bonds is 8. The fourth-order valence-corrected chi connectivity index (χ4v) is 2.57. The largest absolute Gasteiger partial charge is 0.493 e. The summed E-state index contributed by atoms with van der Waals surface area (Å²) >= 11 is 0. The van der Waals surface area contributed by atoms with Gasteiger partial charge in [-0.3, -0.25) is 9.69 Å². The van der Waals surface area contributed by atoms with Crippen LogP contribution in [0.25, 0.3) is 0 Å². The first-order valence-electron chi connectivity index (χ1n) is 8.05. The van der Waals surface area contributed by atoms with Gasteiger partial charge in [-0.15, -0.1) is 0 Å². The quantitative estimate of drug-likeness (QED) is 0.736. The minimum atomic E-state index is -0.0858. The van der Waals surface area contributed by atoms with Crippen molar-refractivity contribution in [3.8, 4) is 11.5 Å². The van der Waals surface area contributed by atoms with Gasteiger partial charge in [0.1, 0.15) is 0 Å². The SMILES string of the molecule is COc1ccc(C(=O)NCCCCN2CCOCC2)cc1OC. The van der Waals surface area contributed by atoms with Crippen molar-refractivity contribution < 1.29 is 19.0 Å². The van der Waals surface area contributed by atoms with Gasteiger partial charge in [0.05, 0.1) is 27.4 Å². The standard InChI is InChI=1S/C17H26N2O4/c1-21-15-6-5-14(13-16(15)22-2)17(20)18-7-3-4-8-19-9-11-23-12-10-19/h5-6,13H,3-4,7-12H2,1-2H3,(H,18,20). The first-order chi connectivity index (χ1) is 11.2. The molecule has 0 radical (unpaired) electrons. The molecular weight excluding hydrogens is 296 g/mol. The Kier molecular flexibility index (Phi) is 7.16. The van der Waals surface area contributed by atoms with Gasteiger partial charge in [-0.2, -0.15) is 0 Å². The molecule has 1 aliphatic heterocycles. The van der Waals surface area contributed by atoms with Crippen molar-refractivity contribution in [1.29, 1.82) is 0 Å². The minimum Gasteiger partial charge on any atom is -0.493 e. The first kappa shape index (κ1) is 17.6. The van der Waals surface area contributed by atoms with Crippen LogP contribution in [0.3, 0.4) is 0 Å². The Morgan fingerprint density at radius 3 is 2.61 bits per heavy atom. The zero-order valence-corrected chi connectivity index (χ0v) is 14.0. The predicted octanol–water partition coefficient (Wildman–Crippen LogP) is 1.55. The number of nitrogens with zero attached hydrogens (tertiary/aromatic N) is 1. The second-order valence-electron chi connectivity index (χ2n) is 5.49. The zero-order chi connectivity index (χ0) is 16.5. The number of methoxy groups -OCH3 is 2. The van der Waals surface area contributed by atoms with Gasteiger partial charge >= 0.3 is 0 Å². The summed E-state index contributed by atoms with van der Waals surface area (Å²) in [6.07, 6.45) is 2.04. The van der Waals surface area contributed by atoms with Crippen LogP contribution in [0.2, 0.25) is 0 Å². The summed E-state index contributed by atoms with van der Waals surface area (Å²) in [4.78, 5) is 14.5. The Morgan fingerprint density at radius 2 is 1.91 bits per heavy atom. The third-order valence-electron chi connectivity index (χ3n) is 3.94. The predicted molar refractivity (Wildman–Crippen MR) is 88.4 cm³/mol. The summed E-state index contributed by atoms with van der Waals surface area (Å²) in [7, 11) is 3.14. The molecule has 1 amide bonds. The summed E-state index contributed by atoms with van der Waals surface area (Å²) in [5, 5.41) is 2.95. The van der Waals surface area contributed by atoms with Crippen LogP contribution >= 0.6 is 0 Å². The number of hydrogen-bond acceptors (Lipinski definition) is 5. The van der Waals surface area contributed by atoms with Crippen LogP contribution in [-0.2, 0) is 4.74 Å². The molecule has 2 rings (SSSR count). The molecule has 1 heterocycles. The third-order valence-corrected chi connectivity index (χ3v) is 3.94. The second-order valence-corrected chi connectivity index (χ2v) is 5.49. The fraction of sp³-hybridized carbons (Fsp3) is 0.588. The van der Waals surface area contributed by atoms with E-state index in [0.29, 0.717) is 23.6 Å². The zero-order valence-electron chi connectivity index (χ0n) is 14.0. The number of nitrogens with one attached hydrogen (secondary N) is 1. The number of benzene rings is 1. The van der Waals surface area contributed by atoms with Gasteiger partial charge in [0, 0.05) is 25.2 Å². The van der Waals surface area contributed by atoms with Gasteiger partial charge in [-0.25, -0.2) is 0 Å². The van der Waals surface area contributed by atoms with E-state index in [4.69, 9.17) is 14.2 Å². The molecule has 0 bridgehead atoms. The van der Waals surface area contributed by atoms with E-state index >= 15 is 0 Å². The van der Waals surface area contributed by atoms with Crippen molar-refractivity contribution in [2.45, 2.75) is 12.8 Å². The maximum absolute atomic E-state index is 12.1. The van der Waals surface area contributed by atoms with Gasteiger partial charge in [0.25, 0.3) is 5.91 Å². The van der Waals surface area contributed by atoms with Crippen LogP contribution < -0.4 is 14.8 Å². The average Bonchev–Trinajstić information content (AvgIpc) is 2.61. The van der Waals surface area contributed by atoms with Crippen molar-refractivity contribution in [2.24, 2.45) is 0 Å². The average molecular weight is 322 g/mol. The van der Waals surface area contributed by atoms with Gasteiger partial charge in [-0.05, 0) is 37.6 Å². The van der Waals surface area contributed by atoms with Crippen molar-refractivity contribution in [1.82, 2.24) is 10.2 Å². The summed E-state index contributed by atoms with van der Waals surface area (Å²) in [5.41, 5.74) is 0.579. The lowest BCUT2D eigenvalue weighted by Gasteiger charge is -2.26. The number of ether oxygens (including phenoxy) is 3. The van der Waals surface area contributed by atoms with Gasteiger partial charge < -0.3 is 19.5 Å². The lowest BCUT2D eigenvalue weighted by Crippen LogP contribution is -2.37. The molecule has 1 aromatic rings. The van der Waals surface area contributed by atoms with E-state index in [1.165, 1.54) is 0 Å². The van der Waals surface area contributed by atoms with Crippen LogP contribution in [0.1, 0.15) is 23.2 Å². The number of carbonyl (C=O) groups excluding carboxylic acids is 1. The molecule has 128 valence electrons. The Labute approximate surface area is 137 Å². The molecule has 6 heteroatoms. The summed E-state index contributed by atoms with van der Waals surface area (Å²) in [6, 6.07) is 5.18. The van der Waals surface area contributed by atoms with Crippen molar-refractivity contribution in [3.63, 3.8) is 0 Å². The van der Waals surface area contributed by atoms with Crippen molar-refractivity contribution >= 4 is 5.91 Å². The number of morpholine rings is 1. The molecule has 0 spiro atoms. The Hall–Kier alpha value is -1.79. The first-order valence-corrected chi connectivity index (χ1v) is 8.05. The highest BCUT2D eigenvalue weighted by Gasteiger charge is 2.11. The highest BCUT2D eigenvalue weighted by atomic mass is 16.5. The van der Waals surface area contributed by atoms with Crippen LogP contribution in [0, 0.1) is 0 Å². The number of amides is 1. The molecule has 6 nitrogen and oxygen atoms in total. The maximum atomic E-state index is 12.1. The second kappa shape index (κ2) is 9.37. The molecule has 23 heavy (non-hydrogen) atoms. The fourth-order valence-electron chi connectivity index (χ4n) is 2.57. The molecule has 0 saturated carbocycles. The molecule has 0 unspecified atom stereocenters. The summed E-state index contributed by atoms with van der Waals surface area (Å²) < 4.78 is 15.7. The minimum absolute atomic E-state index is 0.0858. The number of hydrogen-bond donors (Lipinski definition) is 1. The maximum Gasteiger partial charge on any atom is 0.251 e. The topological polar surface area (TPSA) is 60.0 Å². The van der Waals surface area contributed by atoms with Crippen molar-refractivity contribution in [2.75, 3.05) is 53.6 Å². The van der Waals surface area contributed by atoms with E-state index in [9.17, 15) is 4.79 Å². The molecule has 1 N–H and O–H groups in total. The summed E-state index contributed by atoms with van der Waals surface area (Å²) in [5.74, 6) is 1.10. The number of unbranched alkanes of at least 4 members (excludes halogenated alkanes) is 1. The Bertz CT molecular complexity index is 501. The van der Waals surface area contributed by atoms with E-state index in [0.717, 1.165) is 45.7 Å². The molecule has 0 aliphatic carbocycles. The van der Waals surface area contributed by atoms with E-state index in [1.807, 2.05) is 0 Å². The van der Waals surface area contributed by atoms with Crippen LogP contribution in [-0.4, -0.2) is 64.4 Å². The number of carbonyl (C=O) groups is 1. The van der Waals surface area contributed by atoms with Crippen molar-refractivity contribution in [3.05, 3.63) is 23.8 Å². The lowest BCUT2D eigenvalue weighted by molar-refractivity contribution is 0.0372. The Balaban J connectivity index is 1.70. The normalized spacial score (nSPS) is 15.2. The van der Waals surface area contributed by atoms with Crippen LogP contribution in [0.5, 0.6) is 11.5 Å². The monoisotopic (exact) mass is 322 g/mol. The smallest absolute Gasteiger partial charge is 0.251 e. The van der Waals surface area contributed by atoms with Gasteiger partial charge in [-0.1, -0.05) is 0 Å². The summed E-state index contributed by atoms with van der Waals surface area (Å²) in [6.45, 7) is 5.43. The highest BCUT2D eigenvalue weighted by Crippen LogP contribution is 2.27. The molecule has 1 aliphatic rings. The lowest BCUT2D eigenvalue weighted by atomic mass is 10.2. The molecule has 1 fully saturated rings. The van der Waals surface area contributed by atoms with Crippen LogP contribution in [0.15, 0.2) is 18.2 Å². The van der Waals surface area contributed by atoms with E-state index in [1.54, 1.807) is 32.4 Å². The van der Waals surface area contributed by atoms with E-state index in [-0.39, 0.29) is 5.91 Å². The van der Waals surface area contributed by atoms with Gasteiger partial charge in [0.15, 0.2) is 11.5 Å².